The van der Waals surface area contributed by atoms with Gasteiger partial charge in [-0.05, 0) is 68.0 Å². The van der Waals surface area contributed by atoms with Gasteiger partial charge in [-0.1, -0.05) is 0 Å². The summed E-state index contributed by atoms with van der Waals surface area (Å²) < 4.78 is 23.9. The third kappa shape index (κ3) is 4.82. The van der Waals surface area contributed by atoms with Crippen LogP contribution >= 0.6 is 0 Å². The van der Waals surface area contributed by atoms with Crippen molar-refractivity contribution in [2.45, 2.75) is 38.3 Å². The van der Waals surface area contributed by atoms with Gasteiger partial charge in [0.2, 0.25) is 0 Å². The van der Waals surface area contributed by atoms with E-state index in [1.54, 1.807) is 12.1 Å². The summed E-state index contributed by atoms with van der Waals surface area (Å²) >= 11 is 0. The number of hydrogen-bond acceptors (Lipinski definition) is 4. The van der Waals surface area contributed by atoms with Gasteiger partial charge in [0.1, 0.15) is 23.9 Å². The average Bonchev–Trinajstić information content (AvgIpc) is 3.11. The van der Waals surface area contributed by atoms with Crippen molar-refractivity contribution in [1.82, 2.24) is 5.32 Å². The minimum absolute atomic E-state index is 0.124. The molecule has 0 radical (unpaired) electrons. The van der Waals surface area contributed by atoms with Gasteiger partial charge in [0.15, 0.2) is 5.76 Å². The maximum Gasteiger partial charge on any atom is 0.287 e. The van der Waals surface area contributed by atoms with Gasteiger partial charge < -0.3 is 19.6 Å². The molecule has 1 aliphatic carbocycles. The lowest BCUT2D eigenvalue weighted by atomic mass is 9.86. The van der Waals surface area contributed by atoms with E-state index in [0.29, 0.717) is 17.4 Å². The zero-order valence-corrected chi connectivity index (χ0v) is 13.9. The van der Waals surface area contributed by atoms with Gasteiger partial charge in [-0.15, -0.1) is 0 Å². The topological polar surface area (TPSA) is 71.7 Å². The summed E-state index contributed by atoms with van der Waals surface area (Å²) in [5, 5.41) is 12.1. The van der Waals surface area contributed by atoms with E-state index in [2.05, 4.69) is 5.32 Å². The van der Waals surface area contributed by atoms with E-state index >= 15 is 0 Å². The number of furan rings is 1. The molecule has 0 unspecified atom stereocenters. The smallest absolute Gasteiger partial charge is 0.287 e. The standard InChI is InChI=1S/C19H22FNO4/c20-14-3-7-16(8-4-14)24-12-17-9-10-18(25-17)19(23)21-15-5-1-13(11-22)2-6-15/h3-4,7-10,13,15,22H,1-2,5-6,11-12H2,(H,21,23). The van der Waals surface area contributed by atoms with Gasteiger partial charge in [0, 0.05) is 12.6 Å². The van der Waals surface area contributed by atoms with Crippen molar-refractivity contribution in [3.8, 4) is 5.75 Å². The van der Waals surface area contributed by atoms with Crippen molar-refractivity contribution in [1.29, 1.82) is 0 Å². The lowest BCUT2D eigenvalue weighted by Gasteiger charge is -2.27. The molecule has 1 aliphatic rings. The summed E-state index contributed by atoms with van der Waals surface area (Å²) in [6, 6.07) is 9.16. The molecule has 0 bridgehead atoms. The van der Waals surface area contributed by atoms with E-state index in [9.17, 15) is 9.18 Å². The second-order valence-corrected chi connectivity index (χ2v) is 6.38. The van der Waals surface area contributed by atoms with Gasteiger partial charge in [0.25, 0.3) is 5.91 Å². The summed E-state index contributed by atoms with van der Waals surface area (Å²) in [7, 11) is 0. The van der Waals surface area contributed by atoms with Gasteiger partial charge in [0.05, 0.1) is 0 Å². The highest BCUT2D eigenvalue weighted by atomic mass is 19.1. The summed E-state index contributed by atoms with van der Waals surface area (Å²) in [6.45, 7) is 0.386. The number of rotatable bonds is 6. The van der Waals surface area contributed by atoms with E-state index in [-0.39, 0.29) is 36.7 Å². The van der Waals surface area contributed by atoms with Crippen molar-refractivity contribution < 1.29 is 23.4 Å². The van der Waals surface area contributed by atoms with E-state index in [0.717, 1.165) is 25.7 Å². The molecule has 5 nitrogen and oxygen atoms in total. The fraction of sp³-hybridized carbons (Fsp3) is 0.421. The Hall–Kier alpha value is -2.34. The van der Waals surface area contributed by atoms with Crippen LogP contribution in [0.25, 0.3) is 0 Å². The SMILES string of the molecule is O=C(NC1CCC(CO)CC1)c1ccc(COc2ccc(F)cc2)o1. The first-order chi connectivity index (χ1) is 12.1. The second-order valence-electron chi connectivity index (χ2n) is 6.38. The monoisotopic (exact) mass is 347 g/mol. The highest BCUT2D eigenvalue weighted by Gasteiger charge is 2.23. The van der Waals surface area contributed by atoms with E-state index in [1.165, 1.54) is 24.3 Å². The van der Waals surface area contributed by atoms with Crippen LogP contribution in [-0.4, -0.2) is 23.7 Å². The van der Waals surface area contributed by atoms with E-state index in [1.807, 2.05) is 0 Å². The molecule has 134 valence electrons. The normalized spacial score (nSPS) is 20.2. The molecule has 6 heteroatoms. The number of carbonyl (C=O) groups excluding carboxylic acids is 1. The predicted octanol–water partition coefficient (Wildman–Crippen LogP) is 3.28. The van der Waals surface area contributed by atoms with Crippen LogP contribution in [0.1, 0.15) is 42.0 Å². The molecular formula is C19H22FNO4. The van der Waals surface area contributed by atoms with Gasteiger partial charge >= 0.3 is 0 Å². The molecule has 25 heavy (non-hydrogen) atoms. The Morgan fingerprint density at radius 1 is 1.16 bits per heavy atom. The Labute approximate surface area is 145 Å². The van der Waals surface area contributed by atoms with Crippen molar-refractivity contribution >= 4 is 5.91 Å². The lowest BCUT2D eigenvalue weighted by molar-refractivity contribution is 0.0882. The van der Waals surface area contributed by atoms with Crippen LogP contribution in [0.5, 0.6) is 5.75 Å². The molecule has 0 aliphatic heterocycles. The van der Waals surface area contributed by atoms with Crippen molar-refractivity contribution in [2.75, 3.05) is 6.61 Å². The molecule has 1 saturated carbocycles. The number of aliphatic hydroxyl groups is 1. The Kier molecular flexibility index (Phi) is 5.71. The molecule has 0 saturated heterocycles. The molecule has 1 heterocycles. The van der Waals surface area contributed by atoms with Crippen LogP contribution < -0.4 is 10.1 Å². The van der Waals surface area contributed by atoms with Crippen LogP contribution in [0.3, 0.4) is 0 Å². The zero-order valence-electron chi connectivity index (χ0n) is 13.9. The number of carbonyl (C=O) groups is 1. The number of amides is 1. The summed E-state index contributed by atoms with van der Waals surface area (Å²) in [5.74, 6) is 1.11. The van der Waals surface area contributed by atoms with Crippen LogP contribution in [0.2, 0.25) is 0 Å². The molecule has 3 rings (SSSR count). The Bertz CT molecular complexity index is 690. The number of aliphatic hydroxyl groups excluding tert-OH is 1. The molecule has 1 aromatic carbocycles. The first-order valence-electron chi connectivity index (χ1n) is 8.53. The van der Waals surface area contributed by atoms with Gasteiger partial charge in [-0.3, -0.25) is 4.79 Å². The minimum atomic E-state index is -0.322. The summed E-state index contributed by atoms with van der Waals surface area (Å²) in [4.78, 5) is 12.3. The quantitative estimate of drug-likeness (QED) is 0.841. The maximum atomic E-state index is 12.8. The summed E-state index contributed by atoms with van der Waals surface area (Å²) in [5.41, 5.74) is 0. The number of nitrogens with one attached hydrogen (secondary N) is 1. The van der Waals surface area contributed by atoms with Crippen LogP contribution in [0.15, 0.2) is 40.8 Å². The highest BCUT2D eigenvalue weighted by Crippen LogP contribution is 2.24. The molecular weight excluding hydrogens is 325 g/mol. The van der Waals surface area contributed by atoms with Crippen molar-refractivity contribution in [3.05, 3.63) is 53.7 Å². The zero-order chi connectivity index (χ0) is 17.6. The fourth-order valence-corrected chi connectivity index (χ4v) is 3.01. The van der Waals surface area contributed by atoms with Crippen molar-refractivity contribution in [2.24, 2.45) is 5.92 Å². The number of halogens is 1. The van der Waals surface area contributed by atoms with Gasteiger partial charge in [-0.25, -0.2) is 4.39 Å². The van der Waals surface area contributed by atoms with Gasteiger partial charge in [-0.2, -0.15) is 0 Å². The molecule has 1 fully saturated rings. The predicted molar refractivity (Wildman–Crippen MR) is 89.7 cm³/mol. The number of benzene rings is 1. The third-order valence-corrected chi connectivity index (χ3v) is 4.52. The Morgan fingerprint density at radius 2 is 1.88 bits per heavy atom. The second kappa shape index (κ2) is 8.16. The minimum Gasteiger partial charge on any atom is -0.486 e. The summed E-state index contributed by atoms with van der Waals surface area (Å²) in [6.07, 6.45) is 3.60. The van der Waals surface area contributed by atoms with Crippen LogP contribution in [0, 0.1) is 11.7 Å². The molecule has 1 amide bonds. The van der Waals surface area contributed by atoms with Crippen LogP contribution in [0.4, 0.5) is 4.39 Å². The highest BCUT2D eigenvalue weighted by molar-refractivity contribution is 5.91. The Morgan fingerprint density at radius 3 is 2.56 bits per heavy atom. The largest absolute Gasteiger partial charge is 0.486 e. The Balaban J connectivity index is 1.49. The van der Waals surface area contributed by atoms with E-state index < -0.39 is 0 Å². The maximum absolute atomic E-state index is 12.8. The van der Waals surface area contributed by atoms with E-state index in [4.69, 9.17) is 14.3 Å². The third-order valence-electron chi connectivity index (χ3n) is 4.52. The molecule has 1 aromatic heterocycles. The van der Waals surface area contributed by atoms with Crippen LogP contribution in [-0.2, 0) is 6.61 Å². The molecule has 0 spiro atoms. The lowest BCUT2D eigenvalue weighted by Crippen LogP contribution is -2.37. The van der Waals surface area contributed by atoms with Crippen molar-refractivity contribution in [3.63, 3.8) is 0 Å². The number of ether oxygens (including phenoxy) is 1. The number of hydrogen-bond donors (Lipinski definition) is 2. The molecule has 0 atom stereocenters. The average molecular weight is 347 g/mol. The first kappa shape index (κ1) is 17.5. The molecule has 2 aromatic rings. The molecule has 2 N–H and O–H groups in total. The first-order valence-corrected chi connectivity index (χ1v) is 8.53. The fourth-order valence-electron chi connectivity index (χ4n) is 3.01.